The zero-order chi connectivity index (χ0) is 15.5. The number of rotatable bonds is 4. The highest BCUT2D eigenvalue weighted by Gasteiger charge is 2.21. The fourth-order valence-electron chi connectivity index (χ4n) is 2.02. The van der Waals surface area contributed by atoms with Gasteiger partial charge in [-0.2, -0.15) is 0 Å². The number of hydrogen-bond acceptors (Lipinski definition) is 4. The molecule has 8 heteroatoms. The van der Waals surface area contributed by atoms with Crippen LogP contribution in [0.5, 0.6) is 0 Å². The van der Waals surface area contributed by atoms with Crippen molar-refractivity contribution in [2.45, 2.75) is 4.90 Å². The van der Waals surface area contributed by atoms with Gasteiger partial charge in [0, 0.05) is 31.2 Å². The predicted molar refractivity (Wildman–Crippen MR) is 80.7 cm³/mol. The Hall–Kier alpha value is -1.15. The van der Waals surface area contributed by atoms with E-state index >= 15 is 0 Å². The van der Waals surface area contributed by atoms with Gasteiger partial charge in [0.2, 0.25) is 15.9 Å². The maximum atomic E-state index is 12.0. The van der Waals surface area contributed by atoms with Crippen LogP contribution in [0.2, 0.25) is 5.02 Å². The highest BCUT2D eigenvalue weighted by atomic mass is 35.5. The van der Waals surface area contributed by atoms with Gasteiger partial charge in [0.15, 0.2) is 0 Å². The van der Waals surface area contributed by atoms with Gasteiger partial charge in [0.05, 0.1) is 11.4 Å². The molecule has 0 aromatic heterocycles. The molecular formula is C13H18ClN3O3S. The normalized spacial score (nSPS) is 17.0. The Morgan fingerprint density at radius 1 is 1.19 bits per heavy atom. The van der Waals surface area contributed by atoms with Crippen molar-refractivity contribution in [1.82, 2.24) is 14.5 Å². The number of amides is 1. The first-order valence-corrected chi connectivity index (χ1v) is 8.46. The Morgan fingerprint density at radius 2 is 1.76 bits per heavy atom. The van der Waals surface area contributed by atoms with Crippen molar-refractivity contribution >= 4 is 27.5 Å². The molecular weight excluding hydrogens is 314 g/mol. The number of carbonyl (C=O) groups excluding carboxylic acids is 1. The number of hydrogen-bond donors (Lipinski definition) is 1. The third-order valence-corrected chi connectivity index (χ3v) is 5.06. The van der Waals surface area contributed by atoms with Gasteiger partial charge in [0.1, 0.15) is 0 Å². The first-order chi connectivity index (χ1) is 9.88. The van der Waals surface area contributed by atoms with Gasteiger partial charge in [-0.15, -0.1) is 0 Å². The van der Waals surface area contributed by atoms with E-state index in [9.17, 15) is 13.2 Å². The van der Waals surface area contributed by atoms with Crippen LogP contribution in [-0.2, 0) is 14.8 Å². The van der Waals surface area contributed by atoms with Crippen molar-refractivity contribution in [2.75, 3.05) is 39.8 Å². The third-order valence-electron chi connectivity index (χ3n) is 3.39. The zero-order valence-electron chi connectivity index (χ0n) is 11.8. The number of likely N-dealkylation sites (N-methyl/N-ethyl adjacent to an activating group) is 1. The first kappa shape index (κ1) is 16.2. The van der Waals surface area contributed by atoms with Crippen molar-refractivity contribution in [3.63, 3.8) is 0 Å². The highest BCUT2D eigenvalue weighted by Crippen LogP contribution is 2.13. The lowest BCUT2D eigenvalue weighted by Gasteiger charge is -2.32. The van der Waals surface area contributed by atoms with Crippen LogP contribution in [0.3, 0.4) is 0 Å². The van der Waals surface area contributed by atoms with Crippen LogP contribution in [0.25, 0.3) is 0 Å². The van der Waals surface area contributed by atoms with E-state index in [1.165, 1.54) is 24.3 Å². The molecule has 1 aliphatic heterocycles. The predicted octanol–water partition coefficient (Wildman–Crippen LogP) is 0.392. The summed E-state index contributed by atoms with van der Waals surface area (Å²) in [7, 11) is -1.70. The Morgan fingerprint density at radius 3 is 2.33 bits per heavy atom. The van der Waals surface area contributed by atoms with Gasteiger partial charge in [-0.3, -0.25) is 4.79 Å². The van der Waals surface area contributed by atoms with Crippen LogP contribution in [-0.4, -0.2) is 63.9 Å². The van der Waals surface area contributed by atoms with Crippen LogP contribution in [0.4, 0.5) is 0 Å². The number of sulfonamides is 1. The zero-order valence-corrected chi connectivity index (χ0v) is 13.3. The van der Waals surface area contributed by atoms with E-state index < -0.39 is 10.0 Å². The van der Waals surface area contributed by atoms with E-state index in [0.717, 1.165) is 13.1 Å². The molecule has 1 saturated heterocycles. The van der Waals surface area contributed by atoms with E-state index in [1.54, 1.807) is 4.90 Å². The fourth-order valence-corrected chi connectivity index (χ4v) is 3.12. The molecule has 1 N–H and O–H groups in total. The smallest absolute Gasteiger partial charge is 0.241 e. The Balaban J connectivity index is 1.92. The van der Waals surface area contributed by atoms with Crippen LogP contribution < -0.4 is 4.72 Å². The van der Waals surface area contributed by atoms with Gasteiger partial charge >= 0.3 is 0 Å². The van der Waals surface area contributed by atoms with Gasteiger partial charge in [-0.1, -0.05) is 11.6 Å². The maximum absolute atomic E-state index is 12.0. The minimum atomic E-state index is -3.69. The molecule has 116 valence electrons. The third kappa shape index (κ3) is 4.41. The monoisotopic (exact) mass is 331 g/mol. The average Bonchev–Trinajstić information content (AvgIpc) is 2.46. The van der Waals surface area contributed by atoms with E-state index in [-0.39, 0.29) is 17.3 Å². The van der Waals surface area contributed by atoms with Crippen molar-refractivity contribution in [1.29, 1.82) is 0 Å². The molecule has 1 amide bonds. The SMILES string of the molecule is CN1CCN(C(=O)CNS(=O)(=O)c2ccc(Cl)cc2)CC1. The summed E-state index contributed by atoms with van der Waals surface area (Å²) >= 11 is 5.72. The molecule has 1 aromatic rings. The molecule has 1 heterocycles. The van der Waals surface area contributed by atoms with Crippen LogP contribution in [0.15, 0.2) is 29.2 Å². The highest BCUT2D eigenvalue weighted by molar-refractivity contribution is 7.89. The first-order valence-electron chi connectivity index (χ1n) is 6.60. The molecule has 0 unspecified atom stereocenters. The number of carbonyl (C=O) groups is 1. The molecule has 0 saturated carbocycles. The van der Waals surface area contributed by atoms with Gasteiger partial charge in [0.25, 0.3) is 0 Å². The summed E-state index contributed by atoms with van der Waals surface area (Å²) in [5, 5.41) is 0.461. The topological polar surface area (TPSA) is 69.7 Å². The summed E-state index contributed by atoms with van der Waals surface area (Å²) in [6, 6.07) is 5.81. The van der Waals surface area contributed by atoms with Crippen molar-refractivity contribution in [3.8, 4) is 0 Å². The van der Waals surface area contributed by atoms with E-state index in [4.69, 9.17) is 11.6 Å². The summed E-state index contributed by atoms with van der Waals surface area (Å²) in [6.45, 7) is 2.62. The minimum Gasteiger partial charge on any atom is -0.339 e. The van der Waals surface area contributed by atoms with E-state index in [0.29, 0.717) is 18.1 Å². The number of nitrogens with one attached hydrogen (secondary N) is 1. The largest absolute Gasteiger partial charge is 0.339 e. The summed E-state index contributed by atoms with van der Waals surface area (Å²) < 4.78 is 26.4. The Kier molecular flexibility index (Phi) is 5.21. The van der Waals surface area contributed by atoms with Gasteiger partial charge in [-0.25, -0.2) is 13.1 Å². The standard InChI is InChI=1S/C13H18ClN3O3S/c1-16-6-8-17(9-7-16)13(18)10-15-21(19,20)12-4-2-11(14)3-5-12/h2-5,15H,6-10H2,1H3. The van der Waals surface area contributed by atoms with Crippen LogP contribution >= 0.6 is 11.6 Å². The molecule has 0 bridgehead atoms. The molecule has 0 aliphatic carbocycles. The molecule has 1 aliphatic rings. The molecule has 0 spiro atoms. The number of piperazine rings is 1. The minimum absolute atomic E-state index is 0.0954. The second kappa shape index (κ2) is 6.74. The molecule has 2 rings (SSSR count). The molecule has 21 heavy (non-hydrogen) atoms. The average molecular weight is 332 g/mol. The molecule has 0 radical (unpaired) electrons. The van der Waals surface area contributed by atoms with Gasteiger partial charge < -0.3 is 9.80 Å². The number of benzene rings is 1. The van der Waals surface area contributed by atoms with Crippen LogP contribution in [0, 0.1) is 0 Å². The second-order valence-electron chi connectivity index (χ2n) is 4.96. The Bertz CT molecular complexity index is 596. The van der Waals surface area contributed by atoms with Crippen molar-refractivity contribution in [2.24, 2.45) is 0 Å². The number of halogens is 1. The molecule has 0 atom stereocenters. The lowest BCUT2D eigenvalue weighted by atomic mass is 10.3. The summed E-state index contributed by atoms with van der Waals surface area (Å²) in [5.41, 5.74) is 0. The lowest BCUT2D eigenvalue weighted by molar-refractivity contribution is -0.131. The second-order valence-corrected chi connectivity index (χ2v) is 7.17. The molecule has 1 aromatic carbocycles. The number of nitrogens with zero attached hydrogens (tertiary/aromatic N) is 2. The van der Waals surface area contributed by atoms with Gasteiger partial charge in [-0.05, 0) is 31.3 Å². The van der Waals surface area contributed by atoms with Crippen LogP contribution in [0.1, 0.15) is 0 Å². The summed E-state index contributed by atoms with van der Waals surface area (Å²) in [4.78, 5) is 15.9. The van der Waals surface area contributed by atoms with Crippen molar-refractivity contribution < 1.29 is 13.2 Å². The van der Waals surface area contributed by atoms with E-state index in [2.05, 4.69) is 9.62 Å². The lowest BCUT2D eigenvalue weighted by Crippen LogP contribution is -2.50. The molecule has 6 nitrogen and oxygen atoms in total. The molecule has 1 fully saturated rings. The quantitative estimate of drug-likeness (QED) is 0.866. The fraction of sp³-hybridized carbons (Fsp3) is 0.462. The maximum Gasteiger partial charge on any atom is 0.241 e. The summed E-state index contributed by atoms with van der Waals surface area (Å²) in [6.07, 6.45) is 0. The Labute approximate surface area is 129 Å². The van der Waals surface area contributed by atoms with E-state index in [1.807, 2.05) is 7.05 Å². The van der Waals surface area contributed by atoms with Crippen molar-refractivity contribution in [3.05, 3.63) is 29.3 Å². The summed E-state index contributed by atoms with van der Waals surface area (Å²) in [5.74, 6) is -0.208.